The second-order valence-corrected chi connectivity index (χ2v) is 8.11. The fourth-order valence-corrected chi connectivity index (χ4v) is 5.17. The van der Waals surface area contributed by atoms with Gasteiger partial charge in [-0.05, 0) is 48.6 Å². The average Bonchev–Trinajstić information content (AvgIpc) is 2.95. The Morgan fingerprint density at radius 3 is 3.05 bits per heavy atom. The smallest absolute Gasteiger partial charge is 0.0363 e. The van der Waals surface area contributed by atoms with Gasteiger partial charge in [0.15, 0.2) is 0 Å². The number of rotatable bonds is 4. The third-order valence-corrected chi connectivity index (χ3v) is 6.30. The van der Waals surface area contributed by atoms with E-state index in [-0.39, 0.29) is 0 Å². The normalized spacial score (nSPS) is 30.6. The van der Waals surface area contributed by atoms with Crippen molar-refractivity contribution in [3.8, 4) is 0 Å². The molecule has 2 heterocycles. The molecule has 0 saturated carbocycles. The third kappa shape index (κ3) is 3.20. The van der Waals surface area contributed by atoms with E-state index in [1.807, 2.05) is 11.3 Å². The third-order valence-electron chi connectivity index (χ3n) is 5.30. The summed E-state index contributed by atoms with van der Waals surface area (Å²) in [7, 11) is 0. The van der Waals surface area contributed by atoms with Gasteiger partial charge in [-0.15, -0.1) is 11.3 Å². The van der Waals surface area contributed by atoms with Crippen LogP contribution in [-0.2, 0) is 6.42 Å². The first-order valence-electron chi connectivity index (χ1n) is 8.76. The maximum atomic E-state index is 3.80. The highest BCUT2D eigenvalue weighted by Crippen LogP contribution is 2.39. The zero-order valence-corrected chi connectivity index (χ0v) is 14.6. The summed E-state index contributed by atoms with van der Waals surface area (Å²) in [6.45, 7) is 9.47. The molecule has 1 aromatic rings. The van der Waals surface area contributed by atoms with Gasteiger partial charge in [-0.25, -0.2) is 0 Å². The minimum absolute atomic E-state index is 0.675. The molecule has 3 heteroatoms. The lowest BCUT2D eigenvalue weighted by molar-refractivity contribution is 0.0457. The molecule has 3 unspecified atom stereocenters. The predicted molar refractivity (Wildman–Crippen MR) is 92.0 cm³/mol. The summed E-state index contributed by atoms with van der Waals surface area (Å²) >= 11 is 1.97. The number of nitrogens with one attached hydrogen (secondary N) is 1. The van der Waals surface area contributed by atoms with Crippen LogP contribution in [0.2, 0.25) is 0 Å². The molecule has 1 saturated heterocycles. The molecule has 1 aliphatic carbocycles. The maximum absolute atomic E-state index is 3.80. The molecule has 1 fully saturated rings. The molecule has 2 nitrogen and oxygen atoms in total. The first-order chi connectivity index (χ1) is 10.2. The summed E-state index contributed by atoms with van der Waals surface area (Å²) in [4.78, 5) is 4.51. The van der Waals surface area contributed by atoms with Gasteiger partial charge in [0, 0.05) is 36.1 Å². The van der Waals surface area contributed by atoms with Crippen LogP contribution in [0.4, 0.5) is 0 Å². The van der Waals surface area contributed by atoms with E-state index in [2.05, 4.69) is 42.4 Å². The van der Waals surface area contributed by atoms with Crippen LogP contribution >= 0.6 is 11.3 Å². The highest BCUT2D eigenvalue weighted by atomic mass is 32.1. The van der Waals surface area contributed by atoms with Crippen LogP contribution in [-0.4, -0.2) is 30.1 Å². The zero-order chi connectivity index (χ0) is 14.8. The van der Waals surface area contributed by atoms with Gasteiger partial charge in [-0.1, -0.05) is 27.2 Å². The molecule has 1 aliphatic heterocycles. The number of thiophene rings is 1. The number of hydrogen-bond acceptors (Lipinski definition) is 3. The zero-order valence-electron chi connectivity index (χ0n) is 13.8. The van der Waals surface area contributed by atoms with Gasteiger partial charge in [0.1, 0.15) is 0 Å². The molecule has 0 aromatic carbocycles. The minimum Gasteiger partial charge on any atom is -0.311 e. The lowest BCUT2D eigenvalue weighted by Gasteiger charge is -2.47. The van der Waals surface area contributed by atoms with Crippen LogP contribution in [0.5, 0.6) is 0 Å². The second-order valence-electron chi connectivity index (χ2n) is 7.11. The number of fused-ring (bicyclic) bond motifs is 1. The van der Waals surface area contributed by atoms with Crippen LogP contribution in [0, 0.1) is 5.92 Å². The van der Waals surface area contributed by atoms with Crippen molar-refractivity contribution in [2.45, 2.75) is 71.0 Å². The second kappa shape index (κ2) is 6.80. The first kappa shape index (κ1) is 15.5. The topological polar surface area (TPSA) is 15.3 Å². The fourth-order valence-electron chi connectivity index (χ4n) is 4.18. The van der Waals surface area contributed by atoms with Crippen molar-refractivity contribution in [1.29, 1.82) is 0 Å². The van der Waals surface area contributed by atoms with Crippen molar-refractivity contribution in [2.75, 3.05) is 13.1 Å². The Kier molecular flexibility index (Phi) is 5.03. The Hall–Kier alpha value is -0.380. The van der Waals surface area contributed by atoms with Crippen molar-refractivity contribution in [3.63, 3.8) is 0 Å². The molecule has 3 atom stereocenters. The van der Waals surface area contributed by atoms with E-state index in [1.165, 1.54) is 38.6 Å². The monoisotopic (exact) mass is 306 g/mol. The molecule has 0 amide bonds. The highest BCUT2D eigenvalue weighted by molar-refractivity contribution is 7.10. The van der Waals surface area contributed by atoms with Crippen LogP contribution < -0.4 is 5.32 Å². The SMILES string of the molecule is CCCC1CN(C2CCCc3sccc32)C(C(C)C)CN1. The maximum Gasteiger partial charge on any atom is 0.0363 e. The number of aryl methyl sites for hydroxylation is 1. The Labute approximate surface area is 133 Å². The average molecular weight is 307 g/mol. The van der Waals surface area contributed by atoms with Crippen molar-refractivity contribution in [1.82, 2.24) is 10.2 Å². The van der Waals surface area contributed by atoms with Gasteiger partial charge in [0.25, 0.3) is 0 Å². The molecule has 0 radical (unpaired) electrons. The van der Waals surface area contributed by atoms with Gasteiger partial charge in [-0.3, -0.25) is 4.90 Å². The molecule has 0 spiro atoms. The van der Waals surface area contributed by atoms with Gasteiger partial charge < -0.3 is 5.32 Å². The van der Waals surface area contributed by atoms with E-state index >= 15 is 0 Å². The van der Waals surface area contributed by atoms with Crippen molar-refractivity contribution in [2.24, 2.45) is 5.92 Å². The largest absolute Gasteiger partial charge is 0.311 e. The Balaban J connectivity index is 1.82. The predicted octanol–water partition coefficient (Wildman–Crippen LogP) is 4.22. The van der Waals surface area contributed by atoms with E-state index in [0.717, 1.165) is 12.5 Å². The van der Waals surface area contributed by atoms with Crippen molar-refractivity contribution in [3.05, 3.63) is 21.9 Å². The molecule has 21 heavy (non-hydrogen) atoms. The van der Waals surface area contributed by atoms with Crippen molar-refractivity contribution < 1.29 is 0 Å². The molecule has 118 valence electrons. The van der Waals surface area contributed by atoms with E-state index in [0.29, 0.717) is 18.1 Å². The molecular formula is C18H30N2S. The number of piperazine rings is 1. The summed E-state index contributed by atoms with van der Waals surface area (Å²) in [6.07, 6.45) is 6.62. The quantitative estimate of drug-likeness (QED) is 0.896. The molecular weight excluding hydrogens is 276 g/mol. The summed E-state index contributed by atoms with van der Waals surface area (Å²) in [5.74, 6) is 0.726. The molecule has 1 aromatic heterocycles. The van der Waals surface area contributed by atoms with Gasteiger partial charge in [-0.2, -0.15) is 0 Å². The molecule has 3 rings (SSSR count). The van der Waals surface area contributed by atoms with Crippen molar-refractivity contribution >= 4 is 11.3 Å². The highest BCUT2D eigenvalue weighted by Gasteiger charge is 2.36. The first-order valence-corrected chi connectivity index (χ1v) is 9.64. The molecule has 1 N–H and O–H groups in total. The van der Waals surface area contributed by atoms with Crippen LogP contribution in [0.25, 0.3) is 0 Å². The standard InChI is InChI=1S/C18H30N2S/c1-4-6-14-12-20(17(11-19-14)13(2)3)16-7-5-8-18-15(16)9-10-21-18/h9-10,13-14,16-17,19H,4-8,11-12H2,1-3H3. The Bertz CT molecular complexity index is 454. The number of nitrogens with zero attached hydrogens (tertiary/aromatic N) is 1. The Morgan fingerprint density at radius 1 is 1.43 bits per heavy atom. The summed E-state index contributed by atoms with van der Waals surface area (Å²) in [6, 6.07) is 4.45. The summed E-state index contributed by atoms with van der Waals surface area (Å²) in [5.41, 5.74) is 1.65. The van der Waals surface area contributed by atoms with Gasteiger partial charge in [0.05, 0.1) is 0 Å². The van der Waals surface area contributed by atoms with E-state index < -0.39 is 0 Å². The lowest BCUT2D eigenvalue weighted by atomic mass is 9.87. The van der Waals surface area contributed by atoms with Crippen LogP contribution in [0.3, 0.4) is 0 Å². The summed E-state index contributed by atoms with van der Waals surface area (Å²) in [5, 5.41) is 6.10. The van der Waals surface area contributed by atoms with Crippen LogP contribution in [0.15, 0.2) is 11.4 Å². The lowest BCUT2D eigenvalue weighted by Crippen LogP contribution is -2.59. The summed E-state index contributed by atoms with van der Waals surface area (Å²) < 4.78 is 0. The van der Waals surface area contributed by atoms with Crippen LogP contribution in [0.1, 0.15) is 62.9 Å². The fraction of sp³-hybridized carbons (Fsp3) is 0.778. The van der Waals surface area contributed by atoms with Gasteiger partial charge >= 0.3 is 0 Å². The van der Waals surface area contributed by atoms with E-state index in [1.54, 1.807) is 10.4 Å². The molecule has 2 aliphatic rings. The Morgan fingerprint density at radius 2 is 2.29 bits per heavy atom. The van der Waals surface area contributed by atoms with Gasteiger partial charge in [0.2, 0.25) is 0 Å². The van der Waals surface area contributed by atoms with E-state index in [4.69, 9.17) is 0 Å². The molecule has 0 bridgehead atoms. The number of hydrogen-bond donors (Lipinski definition) is 1. The van der Waals surface area contributed by atoms with E-state index in [9.17, 15) is 0 Å². The minimum atomic E-state index is 0.675.